The number of thioether (sulfide) groups is 1. The minimum Gasteiger partial charge on any atom is -0.493 e. The van der Waals surface area contributed by atoms with Gasteiger partial charge in [-0.2, -0.15) is 5.26 Å². The molecule has 0 aliphatic rings. The van der Waals surface area contributed by atoms with Crippen LogP contribution in [0.25, 0.3) is 10.9 Å². The van der Waals surface area contributed by atoms with E-state index in [0.717, 1.165) is 17.4 Å². The number of nitriles is 1. The summed E-state index contributed by atoms with van der Waals surface area (Å²) in [5.74, 6) is 0.531. The molecule has 0 saturated heterocycles. The second kappa shape index (κ2) is 8.47. The van der Waals surface area contributed by atoms with E-state index in [-0.39, 0.29) is 0 Å². The lowest BCUT2D eigenvalue weighted by Gasteiger charge is -2.19. The number of rotatable bonds is 7. The SMILES string of the molecule is COc1cc2nc(SC(C)(C)C(=O)O)nc(Nc3ccc(C#N)cc3)c2cc1OC. The van der Waals surface area contributed by atoms with Crippen LogP contribution in [0.4, 0.5) is 11.5 Å². The lowest BCUT2D eigenvalue weighted by atomic mass is 10.2. The van der Waals surface area contributed by atoms with Crippen molar-refractivity contribution in [1.29, 1.82) is 5.26 Å². The smallest absolute Gasteiger partial charge is 0.319 e. The monoisotopic (exact) mass is 424 g/mol. The number of nitrogens with one attached hydrogen (secondary N) is 1. The maximum Gasteiger partial charge on any atom is 0.319 e. The summed E-state index contributed by atoms with van der Waals surface area (Å²) in [6.45, 7) is 3.19. The molecule has 0 spiro atoms. The van der Waals surface area contributed by atoms with Gasteiger partial charge < -0.3 is 19.9 Å². The lowest BCUT2D eigenvalue weighted by molar-refractivity contribution is -0.138. The summed E-state index contributed by atoms with van der Waals surface area (Å²) in [6.07, 6.45) is 0. The molecule has 0 aliphatic carbocycles. The highest BCUT2D eigenvalue weighted by Crippen LogP contribution is 2.38. The Kier molecular flexibility index (Phi) is 5.99. The molecule has 0 unspecified atom stereocenters. The van der Waals surface area contributed by atoms with Gasteiger partial charge in [-0.3, -0.25) is 4.79 Å². The maximum absolute atomic E-state index is 11.6. The van der Waals surface area contributed by atoms with E-state index < -0.39 is 10.7 Å². The fourth-order valence-corrected chi connectivity index (χ4v) is 3.44. The Morgan fingerprint density at radius 2 is 1.77 bits per heavy atom. The molecule has 154 valence electrons. The first kappa shape index (κ1) is 21.2. The van der Waals surface area contributed by atoms with Crippen LogP contribution in [0, 0.1) is 11.3 Å². The van der Waals surface area contributed by atoms with Crippen molar-refractivity contribution in [2.75, 3.05) is 19.5 Å². The molecule has 2 N–H and O–H groups in total. The van der Waals surface area contributed by atoms with E-state index in [9.17, 15) is 9.90 Å². The number of carboxylic acids is 1. The Morgan fingerprint density at radius 3 is 2.33 bits per heavy atom. The molecule has 2 aromatic carbocycles. The standard InChI is InChI=1S/C21H20N4O4S/c1-21(2,19(26)27)30-20-24-15-10-17(29-4)16(28-3)9-14(15)18(25-20)23-13-7-5-12(11-22)6-8-13/h5-10H,1-4H3,(H,26,27)(H,23,24,25). The maximum atomic E-state index is 11.6. The van der Waals surface area contributed by atoms with Gasteiger partial charge in [0.2, 0.25) is 0 Å². The normalized spacial score (nSPS) is 11.0. The Hall–Kier alpha value is -3.51. The number of fused-ring (bicyclic) bond motifs is 1. The number of methoxy groups -OCH3 is 2. The van der Waals surface area contributed by atoms with Crippen LogP contribution in [0.2, 0.25) is 0 Å². The summed E-state index contributed by atoms with van der Waals surface area (Å²) in [4.78, 5) is 20.6. The van der Waals surface area contributed by atoms with Crippen LogP contribution >= 0.6 is 11.8 Å². The summed E-state index contributed by atoms with van der Waals surface area (Å²) in [6, 6.07) is 12.5. The van der Waals surface area contributed by atoms with E-state index in [2.05, 4.69) is 21.4 Å². The summed E-state index contributed by atoms with van der Waals surface area (Å²) in [5.41, 5.74) is 1.83. The molecule has 3 rings (SSSR count). The molecule has 0 atom stereocenters. The van der Waals surface area contributed by atoms with Gasteiger partial charge in [-0.25, -0.2) is 9.97 Å². The van der Waals surface area contributed by atoms with E-state index in [4.69, 9.17) is 14.7 Å². The Bertz CT molecular complexity index is 1140. The van der Waals surface area contributed by atoms with Crippen LogP contribution in [0.1, 0.15) is 19.4 Å². The Morgan fingerprint density at radius 1 is 1.13 bits per heavy atom. The largest absolute Gasteiger partial charge is 0.493 e. The molecule has 9 heteroatoms. The average Bonchev–Trinajstić information content (AvgIpc) is 2.73. The number of anilines is 2. The highest BCUT2D eigenvalue weighted by molar-refractivity contribution is 8.01. The van der Waals surface area contributed by atoms with E-state index in [0.29, 0.717) is 38.9 Å². The minimum absolute atomic E-state index is 0.304. The van der Waals surface area contributed by atoms with Crippen LogP contribution in [-0.4, -0.2) is 40.0 Å². The number of hydrogen-bond donors (Lipinski definition) is 2. The van der Waals surface area contributed by atoms with Gasteiger partial charge >= 0.3 is 5.97 Å². The van der Waals surface area contributed by atoms with Gasteiger partial charge in [0, 0.05) is 17.1 Å². The van der Waals surface area contributed by atoms with Gasteiger partial charge in [-0.1, -0.05) is 11.8 Å². The molecule has 1 heterocycles. The number of aliphatic carboxylic acids is 1. The molecule has 0 amide bonds. The topological polar surface area (TPSA) is 117 Å². The van der Waals surface area contributed by atoms with Crippen LogP contribution in [0.3, 0.4) is 0 Å². The first-order valence-electron chi connectivity index (χ1n) is 8.90. The molecule has 0 aliphatic heterocycles. The quantitative estimate of drug-likeness (QED) is 0.424. The number of carboxylic acid groups (broad SMARTS) is 1. The number of carbonyl (C=O) groups is 1. The first-order valence-corrected chi connectivity index (χ1v) is 9.72. The van der Waals surface area contributed by atoms with Gasteiger partial charge in [0.1, 0.15) is 10.6 Å². The first-order chi connectivity index (χ1) is 14.3. The van der Waals surface area contributed by atoms with Crippen molar-refractivity contribution in [2.24, 2.45) is 0 Å². The van der Waals surface area contributed by atoms with Crippen LogP contribution in [-0.2, 0) is 4.79 Å². The third kappa shape index (κ3) is 4.39. The molecule has 0 radical (unpaired) electrons. The van der Waals surface area contributed by atoms with E-state index >= 15 is 0 Å². The van der Waals surface area contributed by atoms with Gasteiger partial charge in [0.25, 0.3) is 0 Å². The molecule has 0 fully saturated rings. The van der Waals surface area contributed by atoms with Crippen LogP contribution < -0.4 is 14.8 Å². The Balaban J connectivity index is 2.14. The highest BCUT2D eigenvalue weighted by atomic mass is 32.2. The minimum atomic E-state index is -1.12. The Labute approximate surface area is 177 Å². The predicted octanol–water partition coefficient (Wildman–Crippen LogP) is 4.22. The number of ether oxygens (including phenoxy) is 2. The summed E-state index contributed by atoms with van der Waals surface area (Å²) in [7, 11) is 3.07. The molecule has 3 aromatic rings. The van der Waals surface area contributed by atoms with Gasteiger partial charge in [-0.15, -0.1) is 0 Å². The fourth-order valence-electron chi connectivity index (χ4n) is 2.61. The number of hydrogen-bond acceptors (Lipinski definition) is 8. The van der Waals surface area contributed by atoms with Crippen molar-refractivity contribution in [1.82, 2.24) is 9.97 Å². The zero-order valence-electron chi connectivity index (χ0n) is 16.9. The molecule has 1 aromatic heterocycles. The van der Waals surface area contributed by atoms with E-state index in [1.807, 2.05) is 0 Å². The average molecular weight is 424 g/mol. The van der Waals surface area contributed by atoms with Crippen molar-refractivity contribution < 1.29 is 19.4 Å². The highest BCUT2D eigenvalue weighted by Gasteiger charge is 2.30. The van der Waals surface area contributed by atoms with Crippen LogP contribution in [0.15, 0.2) is 41.6 Å². The third-order valence-electron chi connectivity index (χ3n) is 4.32. The number of nitrogens with zero attached hydrogens (tertiary/aromatic N) is 3. The van der Waals surface area contributed by atoms with Crippen molar-refractivity contribution in [3.8, 4) is 17.6 Å². The van der Waals surface area contributed by atoms with Crippen LogP contribution in [0.5, 0.6) is 11.5 Å². The zero-order valence-corrected chi connectivity index (χ0v) is 17.7. The van der Waals surface area contributed by atoms with Gasteiger partial charge in [-0.05, 0) is 44.2 Å². The number of benzene rings is 2. The molecule has 0 bridgehead atoms. The third-order valence-corrected chi connectivity index (χ3v) is 5.37. The van der Waals surface area contributed by atoms with Crippen molar-refractivity contribution >= 4 is 40.1 Å². The van der Waals surface area contributed by atoms with Gasteiger partial charge in [0.05, 0.1) is 31.4 Å². The zero-order chi connectivity index (χ0) is 21.9. The lowest BCUT2D eigenvalue weighted by Crippen LogP contribution is -2.27. The molecule has 30 heavy (non-hydrogen) atoms. The summed E-state index contributed by atoms with van der Waals surface area (Å²) < 4.78 is 9.65. The molecule has 0 saturated carbocycles. The number of aromatic nitrogens is 2. The summed E-state index contributed by atoms with van der Waals surface area (Å²) in [5, 5.41) is 22.7. The van der Waals surface area contributed by atoms with E-state index in [1.165, 1.54) is 14.2 Å². The second-order valence-electron chi connectivity index (χ2n) is 6.81. The van der Waals surface area contributed by atoms with E-state index in [1.54, 1.807) is 50.2 Å². The molecular weight excluding hydrogens is 404 g/mol. The molecule has 8 nitrogen and oxygen atoms in total. The van der Waals surface area contributed by atoms with Crippen molar-refractivity contribution in [3.63, 3.8) is 0 Å². The predicted molar refractivity (Wildman–Crippen MR) is 115 cm³/mol. The van der Waals surface area contributed by atoms with Crippen molar-refractivity contribution in [3.05, 3.63) is 42.0 Å². The molecular formula is C21H20N4O4S. The summed E-state index contributed by atoms with van der Waals surface area (Å²) >= 11 is 1.05. The second-order valence-corrected chi connectivity index (χ2v) is 8.40. The fraction of sp³-hybridized carbons (Fsp3) is 0.238. The van der Waals surface area contributed by atoms with Crippen molar-refractivity contribution in [2.45, 2.75) is 23.8 Å². The van der Waals surface area contributed by atoms with Gasteiger partial charge in [0.15, 0.2) is 16.7 Å².